The second-order valence-corrected chi connectivity index (χ2v) is 6.52. The summed E-state index contributed by atoms with van der Waals surface area (Å²) in [6, 6.07) is 0. The zero-order valence-electron chi connectivity index (χ0n) is 17.7. The van der Waals surface area contributed by atoms with Crippen LogP contribution in [0.5, 0.6) is 11.5 Å². The number of hydrogen-bond donors (Lipinski definition) is 2. The van der Waals surface area contributed by atoms with Crippen LogP contribution in [0.15, 0.2) is 23.8 Å². The van der Waals surface area contributed by atoms with E-state index in [0.717, 1.165) is 35.1 Å². The zero-order chi connectivity index (χ0) is 19.9. The topological polar surface area (TPSA) is 40.5 Å². The Labute approximate surface area is 155 Å². The molecule has 1 aliphatic rings. The quantitative estimate of drug-likeness (QED) is 0.561. The van der Waals surface area contributed by atoms with Crippen molar-refractivity contribution in [2.45, 2.75) is 81.1 Å². The van der Waals surface area contributed by atoms with Crippen LogP contribution in [0.2, 0.25) is 0 Å². The molecular weight excluding hydrogens is 308 g/mol. The van der Waals surface area contributed by atoms with Crippen LogP contribution in [0.25, 0.3) is 0 Å². The van der Waals surface area contributed by atoms with E-state index in [4.69, 9.17) is 0 Å². The molecule has 1 aromatic rings. The molecule has 0 amide bonds. The minimum absolute atomic E-state index is 0.00856. The van der Waals surface area contributed by atoms with Gasteiger partial charge in [0.1, 0.15) is 11.5 Å². The van der Waals surface area contributed by atoms with Crippen LogP contribution in [-0.2, 0) is 0 Å². The monoisotopic (exact) mass is 346 g/mol. The van der Waals surface area contributed by atoms with E-state index in [1.165, 1.54) is 5.57 Å². The Morgan fingerprint density at radius 2 is 1.36 bits per heavy atom. The van der Waals surface area contributed by atoms with Crippen molar-refractivity contribution in [2.24, 2.45) is 5.92 Å². The molecule has 0 bridgehead atoms. The molecule has 142 valence electrons. The van der Waals surface area contributed by atoms with Crippen LogP contribution in [-0.4, -0.2) is 10.2 Å². The third-order valence-corrected chi connectivity index (χ3v) is 5.06. The van der Waals surface area contributed by atoms with Gasteiger partial charge in [-0.25, -0.2) is 0 Å². The molecule has 0 fully saturated rings. The third kappa shape index (κ3) is 4.90. The smallest absolute Gasteiger partial charge is 0.126 e. The summed E-state index contributed by atoms with van der Waals surface area (Å²) in [7, 11) is 0. The van der Waals surface area contributed by atoms with Gasteiger partial charge < -0.3 is 10.2 Å². The van der Waals surface area contributed by atoms with E-state index in [0.29, 0.717) is 5.56 Å². The van der Waals surface area contributed by atoms with Gasteiger partial charge in [-0.15, -0.1) is 0 Å². The number of rotatable bonds is 2. The SMILES string of the molecule is C=C(C)[C@@H]1CCC(C)=CC1c1c(O)c(C)c(C)c(C)c1O.CC.CC. The highest BCUT2D eigenvalue weighted by Gasteiger charge is 2.31. The van der Waals surface area contributed by atoms with Crippen molar-refractivity contribution in [1.29, 1.82) is 0 Å². The molecule has 1 aliphatic carbocycles. The fraction of sp³-hybridized carbons (Fsp3) is 0.565. The Kier molecular flexibility index (Phi) is 9.62. The Balaban J connectivity index is 0.00000134. The second-order valence-electron chi connectivity index (χ2n) is 6.52. The van der Waals surface area contributed by atoms with E-state index in [-0.39, 0.29) is 23.3 Å². The Morgan fingerprint density at radius 1 is 0.920 bits per heavy atom. The summed E-state index contributed by atoms with van der Waals surface area (Å²) >= 11 is 0. The average molecular weight is 347 g/mol. The molecule has 0 aromatic heterocycles. The van der Waals surface area contributed by atoms with Crippen molar-refractivity contribution in [3.8, 4) is 11.5 Å². The minimum Gasteiger partial charge on any atom is -0.507 e. The fourth-order valence-electron chi connectivity index (χ4n) is 3.37. The summed E-state index contributed by atoms with van der Waals surface area (Å²) in [5.74, 6) is 0.747. The van der Waals surface area contributed by atoms with Gasteiger partial charge in [0.05, 0.1) is 0 Å². The van der Waals surface area contributed by atoms with Gasteiger partial charge in [-0.05, 0) is 70.1 Å². The summed E-state index contributed by atoms with van der Waals surface area (Å²) in [6.45, 7) is 22.0. The lowest BCUT2D eigenvalue weighted by atomic mass is 9.73. The lowest BCUT2D eigenvalue weighted by Gasteiger charge is -2.32. The van der Waals surface area contributed by atoms with E-state index in [2.05, 4.69) is 19.6 Å². The maximum absolute atomic E-state index is 10.6. The molecule has 1 unspecified atom stereocenters. The first-order valence-corrected chi connectivity index (χ1v) is 9.60. The van der Waals surface area contributed by atoms with E-state index < -0.39 is 0 Å². The normalized spacial score (nSPS) is 19.0. The number of phenolic OH excluding ortho intramolecular Hbond substituents is 2. The van der Waals surface area contributed by atoms with Crippen LogP contribution in [0.1, 0.15) is 82.6 Å². The van der Waals surface area contributed by atoms with Crippen LogP contribution in [0.3, 0.4) is 0 Å². The highest BCUT2D eigenvalue weighted by molar-refractivity contribution is 5.60. The molecule has 0 saturated heterocycles. The predicted octanol–water partition coefficient (Wildman–Crippen LogP) is 7.09. The summed E-state index contributed by atoms with van der Waals surface area (Å²) in [5.41, 5.74) is 5.76. The fourth-order valence-corrected chi connectivity index (χ4v) is 3.37. The molecule has 0 saturated carbocycles. The van der Waals surface area contributed by atoms with Crippen molar-refractivity contribution in [2.75, 3.05) is 0 Å². The minimum atomic E-state index is 0.00856. The summed E-state index contributed by atoms with van der Waals surface area (Å²) < 4.78 is 0. The Hall–Kier alpha value is -1.70. The van der Waals surface area contributed by atoms with E-state index >= 15 is 0 Å². The second kappa shape index (κ2) is 10.3. The Morgan fingerprint density at radius 3 is 1.76 bits per heavy atom. The standard InChI is InChI=1S/C19H26O2.2C2H6/c1-10(2)15-8-7-11(3)9-16(15)17-18(20)13(5)12(4)14(6)19(17)21;2*1-2/h9,15-16,20-21H,1,7-8H2,2-6H3;2*1-2H3/t15-,16?;;/m0../s1. The summed E-state index contributed by atoms with van der Waals surface area (Å²) in [4.78, 5) is 0. The molecule has 0 heterocycles. The first kappa shape index (κ1) is 23.3. The largest absolute Gasteiger partial charge is 0.507 e. The van der Waals surface area contributed by atoms with Gasteiger partial charge in [-0.2, -0.15) is 0 Å². The number of allylic oxidation sites excluding steroid dienone is 3. The van der Waals surface area contributed by atoms with Crippen LogP contribution < -0.4 is 0 Å². The summed E-state index contributed by atoms with van der Waals surface area (Å²) in [6.07, 6.45) is 4.26. The summed E-state index contributed by atoms with van der Waals surface area (Å²) in [5, 5.41) is 21.2. The van der Waals surface area contributed by atoms with E-state index in [1.807, 2.05) is 55.4 Å². The number of hydrogen-bond acceptors (Lipinski definition) is 2. The van der Waals surface area contributed by atoms with E-state index in [1.54, 1.807) is 0 Å². The number of benzene rings is 1. The highest BCUT2D eigenvalue weighted by Crippen LogP contribution is 2.48. The van der Waals surface area contributed by atoms with Crippen LogP contribution in [0, 0.1) is 26.7 Å². The molecule has 2 heteroatoms. The van der Waals surface area contributed by atoms with Gasteiger partial charge in [0.15, 0.2) is 0 Å². The van der Waals surface area contributed by atoms with Gasteiger partial charge in [-0.1, -0.05) is 51.5 Å². The van der Waals surface area contributed by atoms with Crippen molar-refractivity contribution in [3.63, 3.8) is 0 Å². The lowest BCUT2D eigenvalue weighted by Crippen LogP contribution is -2.17. The molecule has 25 heavy (non-hydrogen) atoms. The van der Waals surface area contributed by atoms with Crippen LogP contribution >= 0.6 is 0 Å². The molecule has 2 nitrogen and oxygen atoms in total. The molecule has 0 aliphatic heterocycles. The molecule has 2 atom stereocenters. The van der Waals surface area contributed by atoms with Crippen molar-refractivity contribution in [1.82, 2.24) is 0 Å². The van der Waals surface area contributed by atoms with Crippen molar-refractivity contribution < 1.29 is 10.2 Å². The van der Waals surface area contributed by atoms with Gasteiger partial charge in [0, 0.05) is 11.5 Å². The van der Waals surface area contributed by atoms with E-state index in [9.17, 15) is 10.2 Å². The predicted molar refractivity (Wildman–Crippen MR) is 111 cm³/mol. The first-order valence-electron chi connectivity index (χ1n) is 9.60. The third-order valence-electron chi connectivity index (χ3n) is 5.06. The zero-order valence-corrected chi connectivity index (χ0v) is 17.7. The maximum atomic E-state index is 10.6. The number of phenols is 2. The van der Waals surface area contributed by atoms with Gasteiger partial charge in [-0.3, -0.25) is 0 Å². The molecule has 0 radical (unpaired) electrons. The average Bonchev–Trinajstić information content (AvgIpc) is 2.62. The highest BCUT2D eigenvalue weighted by atomic mass is 16.3. The van der Waals surface area contributed by atoms with Gasteiger partial charge >= 0.3 is 0 Å². The molecule has 0 spiro atoms. The van der Waals surface area contributed by atoms with Gasteiger partial charge in [0.25, 0.3) is 0 Å². The lowest BCUT2D eigenvalue weighted by molar-refractivity contribution is 0.402. The molecular formula is C23H38O2. The molecule has 2 N–H and O–H groups in total. The van der Waals surface area contributed by atoms with Gasteiger partial charge in [0.2, 0.25) is 0 Å². The number of aromatic hydroxyl groups is 2. The first-order chi connectivity index (χ1) is 11.8. The Bertz CT molecular complexity index is 594. The van der Waals surface area contributed by atoms with Crippen molar-refractivity contribution >= 4 is 0 Å². The van der Waals surface area contributed by atoms with Crippen LogP contribution in [0.4, 0.5) is 0 Å². The van der Waals surface area contributed by atoms with Crippen molar-refractivity contribution in [3.05, 3.63) is 46.1 Å². The molecule has 2 rings (SSSR count). The molecule has 1 aromatic carbocycles. The maximum Gasteiger partial charge on any atom is 0.126 e.